The minimum absolute atomic E-state index is 1.14. The van der Waals surface area contributed by atoms with Gasteiger partial charge in [0.15, 0.2) is 0 Å². The highest BCUT2D eigenvalue weighted by atomic mass is 32.1. The maximum Gasteiger partial charge on any atom is 0.0727 e. The summed E-state index contributed by atoms with van der Waals surface area (Å²) in [6.45, 7) is 0. The summed E-state index contributed by atoms with van der Waals surface area (Å²) in [5.74, 6) is 0. The Morgan fingerprint density at radius 3 is 1.68 bits per heavy atom. The van der Waals surface area contributed by atoms with Gasteiger partial charge in [0.2, 0.25) is 0 Å². The second kappa shape index (κ2) is 9.81. The van der Waals surface area contributed by atoms with E-state index in [2.05, 4.69) is 167 Å². The van der Waals surface area contributed by atoms with Crippen molar-refractivity contribution >= 4 is 59.6 Å². The smallest absolute Gasteiger partial charge is 0.0727 e. The van der Waals surface area contributed by atoms with Crippen molar-refractivity contribution < 1.29 is 0 Å². The van der Waals surface area contributed by atoms with Crippen LogP contribution >= 0.6 is 11.3 Å². The van der Waals surface area contributed by atoms with Gasteiger partial charge in [0.25, 0.3) is 0 Å². The molecule has 0 N–H and O–H groups in total. The molecule has 2 aromatic heterocycles. The van der Waals surface area contributed by atoms with E-state index in [9.17, 15) is 0 Å². The molecule has 0 amide bonds. The first-order valence-corrected chi connectivity index (χ1v) is 14.7. The lowest BCUT2D eigenvalue weighted by atomic mass is 10.0. The normalized spacial score (nSPS) is 11.4. The van der Waals surface area contributed by atoms with Crippen LogP contribution in [-0.2, 0) is 0 Å². The van der Waals surface area contributed by atoms with E-state index in [4.69, 9.17) is 0 Å². The number of thiophene rings is 1. The Morgan fingerprint density at radius 1 is 0.439 bits per heavy atom. The van der Waals surface area contributed by atoms with Crippen LogP contribution in [0.25, 0.3) is 48.0 Å². The number of rotatable bonds is 5. The van der Waals surface area contributed by atoms with Crippen molar-refractivity contribution in [1.82, 2.24) is 4.57 Å². The zero-order valence-electron chi connectivity index (χ0n) is 22.3. The number of hydrogen-bond donors (Lipinski definition) is 0. The number of benzene rings is 6. The van der Waals surface area contributed by atoms with Crippen molar-refractivity contribution in [3.63, 3.8) is 0 Å². The molecule has 2 heterocycles. The quantitative estimate of drug-likeness (QED) is 0.210. The zero-order valence-corrected chi connectivity index (χ0v) is 23.1. The van der Waals surface area contributed by atoms with Gasteiger partial charge in [0, 0.05) is 38.2 Å². The van der Waals surface area contributed by atoms with Gasteiger partial charge in [0.05, 0.1) is 15.7 Å². The molecule has 194 valence electrons. The maximum absolute atomic E-state index is 2.42. The first-order valence-electron chi connectivity index (χ1n) is 13.9. The Hall–Kier alpha value is -5.12. The summed E-state index contributed by atoms with van der Waals surface area (Å²) in [6.07, 6.45) is 0. The minimum Gasteiger partial charge on any atom is -0.311 e. The van der Waals surface area contributed by atoms with Crippen LogP contribution < -0.4 is 4.90 Å². The maximum atomic E-state index is 2.42. The molecule has 0 atom stereocenters. The molecule has 6 aromatic carbocycles. The molecule has 0 aliphatic heterocycles. The van der Waals surface area contributed by atoms with Crippen molar-refractivity contribution in [3.8, 4) is 16.8 Å². The molecule has 41 heavy (non-hydrogen) atoms. The molecule has 0 saturated heterocycles. The summed E-state index contributed by atoms with van der Waals surface area (Å²) in [4.78, 5) is 2.30. The van der Waals surface area contributed by atoms with Crippen LogP contribution in [0.5, 0.6) is 0 Å². The van der Waals surface area contributed by atoms with Gasteiger partial charge in [-0.2, -0.15) is 0 Å². The van der Waals surface area contributed by atoms with Crippen molar-refractivity contribution in [1.29, 1.82) is 0 Å². The molecule has 2 nitrogen and oxygen atoms in total. The average molecular weight is 543 g/mol. The van der Waals surface area contributed by atoms with Crippen LogP contribution in [0.3, 0.4) is 0 Å². The van der Waals surface area contributed by atoms with Gasteiger partial charge in [-0.25, -0.2) is 0 Å². The fourth-order valence-corrected chi connectivity index (χ4v) is 7.31. The Balaban J connectivity index is 1.29. The number of fused-ring (bicyclic) bond motifs is 5. The van der Waals surface area contributed by atoms with Gasteiger partial charge in [-0.3, -0.25) is 0 Å². The molecule has 0 spiro atoms. The highest BCUT2D eigenvalue weighted by molar-refractivity contribution is 7.27. The lowest BCUT2D eigenvalue weighted by Crippen LogP contribution is -2.09. The molecular weight excluding hydrogens is 516 g/mol. The molecule has 0 unspecified atom stereocenters. The molecule has 0 saturated carbocycles. The molecule has 0 bridgehead atoms. The van der Waals surface area contributed by atoms with Crippen LogP contribution in [-0.4, -0.2) is 4.57 Å². The Bertz CT molecular complexity index is 2090. The Kier molecular flexibility index (Phi) is 5.68. The van der Waals surface area contributed by atoms with Gasteiger partial charge in [0.1, 0.15) is 0 Å². The van der Waals surface area contributed by atoms with E-state index in [1.54, 1.807) is 0 Å². The molecule has 8 aromatic rings. The molecule has 0 aliphatic rings. The molecule has 0 aliphatic carbocycles. The van der Waals surface area contributed by atoms with Gasteiger partial charge < -0.3 is 9.47 Å². The molecule has 3 heteroatoms. The van der Waals surface area contributed by atoms with Crippen LogP contribution in [0.4, 0.5) is 17.1 Å². The van der Waals surface area contributed by atoms with Gasteiger partial charge in [-0.1, -0.05) is 103 Å². The van der Waals surface area contributed by atoms with Crippen LogP contribution in [0.1, 0.15) is 0 Å². The largest absolute Gasteiger partial charge is 0.311 e. The summed E-state index contributed by atoms with van der Waals surface area (Å²) < 4.78 is 5.08. The Morgan fingerprint density at radius 2 is 1.00 bits per heavy atom. The summed E-state index contributed by atoms with van der Waals surface area (Å²) in [6, 6.07) is 56.3. The number of aromatic nitrogens is 1. The van der Waals surface area contributed by atoms with Crippen LogP contribution in [0, 0.1) is 0 Å². The van der Waals surface area contributed by atoms with Crippen molar-refractivity contribution in [3.05, 3.63) is 158 Å². The van der Waals surface area contributed by atoms with E-state index >= 15 is 0 Å². The third-order valence-corrected chi connectivity index (χ3v) is 9.04. The summed E-state index contributed by atoms with van der Waals surface area (Å²) in [5, 5.41) is 2.59. The highest BCUT2D eigenvalue weighted by Gasteiger charge is 2.19. The minimum atomic E-state index is 1.14. The van der Waals surface area contributed by atoms with Crippen molar-refractivity contribution in [2.24, 2.45) is 0 Å². The summed E-state index contributed by atoms with van der Waals surface area (Å²) in [7, 11) is 0. The average Bonchev–Trinajstić information content (AvgIpc) is 3.58. The van der Waals surface area contributed by atoms with Crippen molar-refractivity contribution in [2.45, 2.75) is 0 Å². The van der Waals surface area contributed by atoms with Crippen LogP contribution in [0.15, 0.2) is 158 Å². The van der Waals surface area contributed by atoms with E-state index in [0.717, 1.165) is 17.1 Å². The van der Waals surface area contributed by atoms with Gasteiger partial charge in [-0.15, -0.1) is 11.3 Å². The number of para-hydroxylation sites is 4. The fraction of sp³-hybridized carbons (Fsp3) is 0. The third-order valence-electron chi connectivity index (χ3n) is 7.78. The second-order valence-corrected chi connectivity index (χ2v) is 11.2. The highest BCUT2D eigenvalue weighted by Crippen LogP contribution is 2.46. The monoisotopic (exact) mass is 542 g/mol. The molecule has 0 fully saturated rings. The predicted molar refractivity (Wildman–Crippen MR) is 176 cm³/mol. The molecule has 8 rings (SSSR count). The summed E-state index contributed by atoms with van der Waals surface area (Å²) in [5.41, 5.74) is 9.63. The summed E-state index contributed by atoms with van der Waals surface area (Å²) >= 11 is 1.90. The second-order valence-electron chi connectivity index (χ2n) is 10.2. The standard InChI is InChI=1S/C38H26N2S/c1-4-13-28(14-5-1)39(29-15-6-2-7-16-29)31-25-23-27(24-26-31)32-20-12-21-34-36-38(41-37(32)34)33-19-10-11-22-35(33)40(36)30-17-8-3-9-18-30/h1-26H. The van der Waals surface area contributed by atoms with Gasteiger partial charge in [-0.05, 0) is 65.7 Å². The molecular formula is C38H26N2S. The number of hydrogen-bond acceptors (Lipinski definition) is 2. The lowest BCUT2D eigenvalue weighted by molar-refractivity contribution is 1.19. The van der Waals surface area contributed by atoms with E-state index in [-0.39, 0.29) is 0 Å². The zero-order chi connectivity index (χ0) is 27.2. The van der Waals surface area contributed by atoms with Crippen LogP contribution in [0.2, 0.25) is 0 Å². The van der Waals surface area contributed by atoms with Gasteiger partial charge >= 0.3 is 0 Å². The number of anilines is 3. The van der Waals surface area contributed by atoms with E-state index < -0.39 is 0 Å². The fourth-order valence-electron chi connectivity index (χ4n) is 5.96. The molecule has 0 radical (unpaired) electrons. The van der Waals surface area contributed by atoms with E-state index in [1.807, 2.05) is 11.3 Å². The lowest BCUT2D eigenvalue weighted by Gasteiger charge is -2.25. The number of nitrogens with zero attached hydrogens (tertiary/aromatic N) is 2. The Labute approximate surface area is 243 Å². The topological polar surface area (TPSA) is 8.17 Å². The predicted octanol–water partition coefficient (Wildman–Crippen LogP) is 11.1. The third kappa shape index (κ3) is 3.94. The first-order chi connectivity index (χ1) is 20.4. The first kappa shape index (κ1) is 23.7. The van der Waals surface area contributed by atoms with Crippen molar-refractivity contribution in [2.75, 3.05) is 4.90 Å². The van der Waals surface area contributed by atoms with E-state index in [1.165, 1.54) is 48.0 Å². The van der Waals surface area contributed by atoms with E-state index in [0.29, 0.717) is 0 Å². The SMILES string of the molecule is c1ccc(N(c2ccccc2)c2ccc(-c3cccc4c3sc3c5ccccc5n(-c5ccccc5)c43)cc2)cc1.